The van der Waals surface area contributed by atoms with Crippen LogP contribution in [0.3, 0.4) is 0 Å². The summed E-state index contributed by atoms with van der Waals surface area (Å²) < 4.78 is 4.29. The molecule has 0 aliphatic heterocycles. The minimum atomic E-state index is -2.28. The van der Waals surface area contributed by atoms with E-state index >= 15 is 0 Å². The van der Waals surface area contributed by atoms with E-state index in [1.165, 1.54) is 0 Å². The molecule has 2 nitrogen and oxygen atoms in total. The van der Waals surface area contributed by atoms with Crippen molar-refractivity contribution in [3.8, 4) is 0 Å². The molecule has 0 aromatic rings. The van der Waals surface area contributed by atoms with Crippen LogP contribution in [0.5, 0.6) is 0 Å². The second kappa shape index (κ2) is 6.33. The molecule has 0 amide bonds. The number of unbranched alkanes of at least 4 members (excludes halogenated alkanes) is 1. The molecule has 0 saturated heterocycles. The van der Waals surface area contributed by atoms with Gasteiger partial charge in [-0.3, -0.25) is 0 Å². The number of ether oxygens (including phenoxy) is 1. The Labute approximate surface area is 73.4 Å². The Morgan fingerprint density at radius 2 is 2.20 bits per heavy atom. The van der Waals surface area contributed by atoms with Gasteiger partial charge in [0.2, 0.25) is 0 Å². The molecule has 5 heteroatoms. The molecule has 0 heterocycles. The summed E-state index contributed by atoms with van der Waals surface area (Å²) in [5.74, 6) is 0. The topological polar surface area (TPSA) is 26.3 Å². The van der Waals surface area contributed by atoms with Gasteiger partial charge in [-0.2, -0.15) is 0 Å². The van der Waals surface area contributed by atoms with Crippen LogP contribution in [0.2, 0.25) is 0 Å². The summed E-state index contributed by atoms with van der Waals surface area (Å²) in [4.78, 5) is 10.6. The fourth-order valence-corrected chi connectivity index (χ4v) is 1.26. The van der Waals surface area contributed by atoms with Crippen molar-refractivity contribution >= 4 is 37.4 Å². The predicted octanol–water partition coefficient (Wildman–Crippen LogP) is 2.47. The van der Waals surface area contributed by atoms with Crippen LogP contribution in [0.1, 0.15) is 19.8 Å². The van der Waals surface area contributed by atoms with Gasteiger partial charge in [0, 0.05) is 0 Å². The van der Waals surface area contributed by atoms with Gasteiger partial charge in [0.1, 0.15) is 0 Å². The minimum absolute atomic E-state index is 0.413. The summed E-state index contributed by atoms with van der Waals surface area (Å²) in [7, 11) is 10.7. The van der Waals surface area contributed by atoms with E-state index in [0.29, 0.717) is 6.61 Å². The van der Waals surface area contributed by atoms with Gasteiger partial charge in [-0.25, -0.2) is 0 Å². The first-order valence-corrected chi connectivity index (χ1v) is 8.84. The molecule has 60 valence electrons. The first-order chi connectivity index (χ1) is 4.68. The molecule has 0 spiro atoms. The van der Waals surface area contributed by atoms with Crippen molar-refractivity contribution < 1.29 is 9.53 Å². The van der Waals surface area contributed by atoms with E-state index in [1.54, 1.807) is 0 Å². The normalized spacial score (nSPS) is 10.0. The van der Waals surface area contributed by atoms with Crippen LogP contribution in [0.4, 0.5) is 4.79 Å². The van der Waals surface area contributed by atoms with Crippen LogP contribution in [0, 0.1) is 0 Å². The van der Waals surface area contributed by atoms with E-state index < -0.39 is 17.5 Å². The van der Waals surface area contributed by atoms with Gasteiger partial charge in [0.25, 0.3) is 0 Å². The zero-order chi connectivity index (χ0) is 7.98. The Kier molecular flexibility index (Phi) is 6.71. The second-order valence-electron chi connectivity index (χ2n) is 1.70. The molecule has 0 fully saturated rings. The van der Waals surface area contributed by atoms with Gasteiger partial charge in [0.05, 0.1) is 0 Å². The number of hydrogen-bond donors (Lipinski definition) is 0. The van der Waals surface area contributed by atoms with Gasteiger partial charge in [-0.15, -0.1) is 0 Å². The third kappa shape index (κ3) is 5.40. The first-order valence-electron chi connectivity index (χ1n) is 2.97. The Bertz CT molecular complexity index is 108. The third-order valence-corrected chi connectivity index (χ3v) is 3.15. The molecule has 0 N–H and O–H groups in total. The quantitative estimate of drug-likeness (QED) is 0.563. The van der Waals surface area contributed by atoms with Crippen molar-refractivity contribution in [2.75, 3.05) is 6.61 Å². The van der Waals surface area contributed by atoms with Crippen LogP contribution in [-0.2, 0) is 4.74 Å². The van der Waals surface area contributed by atoms with Gasteiger partial charge >= 0.3 is 73.3 Å². The molecule has 10 heavy (non-hydrogen) atoms. The van der Waals surface area contributed by atoms with E-state index in [4.69, 9.17) is 24.6 Å². The molecule has 0 saturated carbocycles. The van der Waals surface area contributed by atoms with E-state index in [1.807, 2.05) is 6.92 Å². The summed E-state index contributed by atoms with van der Waals surface area (Å²) in [6.07, 6.45) is 1.88. The maximum atomic E-state index is 10.6. The molecule has 0 radical (unpaired) electrons. The number of halogens is 2. The number of carbonyl (C=O) groups is 1. The van der Waals surface area contributed by atoms with Crippen molar-refractivity contribution in [1.82, 2.24) is 0 Å². The molecular weight excluding hydrogens is 238 g/mol. The first kappa shape index (κ1) is 10.6. The summed E-state index contributed by atoms with van der Waals surface area (Å²) >= 11 is -2.28. The molecule has 0 bridgehead atoms. The maximum absolute atomic E-state index is 10.6. The van der Waals surface area contributed by atoms with Crippen molar-refractivity contribution in [2.45, 2.75) is 19.8 Å². The molecule has 0 aliphatic rings. The van der Waals surface area contributed by atoms with Crippen LogP contribution >= 0.6 is 19.9 Å². The van der Waals surface area contributed by atoms with E-state index in [0.717, 1.165) is 12.8 Å². The van der Waals surface area contributed by atoms with E-state index in [2.05, 4.69) is 0 Å². The van der Waals surface area contributed by atoms with Gasteiger partial charge in [-0.05, 0) is 0 Å². The summed E-state index contributed by atoms with van der Waals surface area (Å²) in [6, 6.07) is 0. The summed E-state index contributed by atoms with van der Waals surface area (Å²) in [6.45, 7) is 2.46. The Hall–Kier alpha value is 0.608. The monoisotopic (exact) mass is 246 g/mol. The zero-order valence-corrected chi connectivity index (χ0v) is 9.03. The van der Waals surface area contributed by atoms with Gasteiger partial charge in [0.15, 0.2) is 0 Å². The standard InChI is InChI=1S/C5H9AsCl2O2/c1-2-3-4-10-5(9)6(7)8/h2-4H2,1H3. The van der Waals surface area contributed by atoms with Crippen LogP contribution < -0.4 is 0 Å². The summed E-state index contributed by atoms with van der Waals surface area (Å²) in [5, 5.41) is 0. The fourth-order valence-electron chi connectivity index (χ4n) is 0.353. The molecule has 0 atom stereocenters. The molecule has 0 rings (SSSR count). The van der Waals surface area contributed by atoms with E-state index in [-0.39, 0.29) is 0 Å². The Morgan fingerprint density at radius 1 is 1.60 bits per heavy atom. The predicted molar refractivity (Wildman–Crippen MR) is 43.7 cm³/mol. The SMILES string of the molecule is CCCCOC(=O)[As](Cl)Cl. The fraction of sp³-hybridized carbons (Fsp3) is 0.800. The number of rotatable bonds is 4. The van der Waals surface area contributed by atoms with Crippen LogP contribution in [0.15, 0.2) is 0 Å². The van der Waals surface area contributed by atoms with Crippen LogP contribution in [0.25, 0.3) is 0 Å². The zero-order valence-electron chi connectivity index (χ0n) is 5.64. The van der Waals surface area contributed by atoms with Crippen molar-refractivity contribution in [2.24, 2.45) is 0 Å². The Balaban J connectivity index is 3.22. The molecule has 0 aromatic carbocycles. The number of hydrogen-bond acceptors (Lipinski definition) is 2. The molecule has 0 aliphatic carbocycles. The number of carbonyl (C=O) groups excluding carboxylic acids is 1. The molecular formula is C5H9AsCl2O2. The second-order valence-corrected chi connectivity index (χ2v) is 7.86. The van der Waals surface area contributed by atoms with Crippen LogP contribution in [-0.4, -0.2) is 24.1 Å². The van der Waals surface area contributed by atoms with Gasteiger partial charge < -0.3 is 0 Å². The molecule has 0 unspecified atom stereocenters. The van der Waals surface area contributed by atoms with E-state index in [9.17, 15) is 4.79 Å². The molecule has 0 aromatic heterocycles. The van der Waals surface area contributed by atoms with Crippen molar-refractivity contribution in [3.05, 3.63) is 0 Å². The average Bonchev–Trinajstić information content (AvgIpc) is 1.88. The average molecular weight is 247 g/mol. The van der Waals surface area contributed by atoms with Gasteiger partial charge in [-0.1, -0.05) is 0 Å². The summed E-state index contributed by atoms with van der Waals surface area (Å²) in [5.41, 5.74) is 0. The van der Waals surface area contributed by atoms with Crippen molar-refractivity contribution in [1.29, 1.82) is 0 Å². The van der Waals surface area contributed by atoms with Crippen molar-refractivity contribution in [3.63, 3.8) is 0 Å². The Morgan fingerprint density at radius 3 is 2.60 bits per heavy atom. The third-order valence-electron chi connectivity index (χ3n) is 0.861.